The third kappa shape index (κ3) is 5.62. The lowest BCUT2D eigenvalue weighted by Crippen LogP contribution is -2.40. The van der Waals surface area contributed by atoms with Gasteiger partial charge in [0, 0.05) is 31.6 Å². The summed E-state index contributed by atoms with van der Waals surface area (Å²) in [5.41, 5.74) is 0. The molecule has 0 aromatic heterocycles. The fraction of sp³-hybridized carbons (Fsp3) is 0.562. The number of likely N-dealkylation sites (N-methyl/N-ethyl adjacent to an activating group) is 1. The van der Waals surface area contributed by atoms with E-state index in [4.69, 9.17) is 4.74 Å². The van der Waals surface area contributed by atoms with E-state index in [-0.39, 0.29) is 36.7 Å². The summed E-state index contributed by atoms with van der Waals surface area (Å²) in [5.74, 6) is -1.23. The summed E-state index contributed by atoms with van der Waals surface area (Å²) in [7, 11) is 1.88. The van der Waals surface area contributed by atoms with Crippen LogP contribution in [0.2, 0.25) is 0 Å². The van der Waals surface area contributed by atoms with Crippen molar-refractivity contribution in [1.29, 1.82) is 0 Å². The molecule has 1 aromatic rings. The molecule has 0 aliphatic carbocycles. The van der Waals surface area contributed by atoms with Gasteiger partial charge in [0.25, 0.3) is 0 Å². The molecule has 1 amide bonds. The molecule has 1 aliphatic rings. The molecule has 0 saturated carbocycles. The summed E-state index contributed by atoms with van der Waals surface area (Å²) in [6.45, 7) is 1.85. The van der Waals surface area contributed by atoms with Crippen molar-refractivity contribution in [2.24, 2.45) is 0 Å². The molecule has 0 spiro atoms. The van der Waals surface area contributed by atoms with Crippen LogP contribution in [-0.4, -0.2) is 43.6 Å². The fourth-order valence-corrected chi connectivity index (χ4v) is 2.75. The zero-order valence-electron chi connectivity index (χ0n) is 13.2. The molecule has 4 nitrogen and oxygen atoms in total. The van der Waals surface area contributed by atoms with Gasteiger partial charge in [-0.1, -0.05) is 0 Å². The van der Waals surface area contributed by atoms with Gasteiger partial charge in [-0.3, -0.25) is 4.79 Å². The van der Waals surface area contributed by atoms with E-state index in [2.05, 4.69) is 5.32 Å². The summed E-state index contributed by atoms with van der Waals surface area (Å²) in [6.07, 6.45) is 2.96. The Bertz CT molecular complexity index is 517. The zero-order chi connectivity index (χ0) is 15.9. The van der Waals surface area contributed by atoms with Crippen molar-refractivity contribution in [1.82, 2.24) is 10.2 Å². The molecule has 1 fully saturated rings. The van der Waals surface area contributed by atoms with Crippen LogP contribution in [0, 0.1) is 11.6 Å². The molecule has 7 heteroatoms. The van der Waals surface area contributed by atoms with Gasteiger partial charge in [-0.15, -0.1) is 12.4 Å². The van der Waals surface area contributed by atoms with Crippen molar-refractivity contribution in [2.75, 3.05) is 26.7 Å². The quantitative estimate of drug-likeness (QED) is 0.770. The predicted molar refractivity (Wildman–Crippen MR) is 87.0 cm³/mol. The molecule has 0 radical (unpaired) electrons. The Kier molecular flexibility index (Phi) is 8.26. The highest BCUT2D eigenvalue weighted by atomic mass is 35.5. The highest BCUT2D eigenvalue weighted by Crippen LogP contribution is 2.19. The molecular weight excluding hydrogens is 326 g/mol. The van der Waals surface area contributed by atoms with E-state index in [0.29, 0.717) is 12.8 Å². The number of halogens is 3. The third-order valence-electron chi connectivity index (χ3n) is 3.82. The highest BCUT2D eigenvalue weighted by Gasteiger charge is 2.27. The Morgan fingerprint density at radius 1 is 1.43 bits per heavy atom. The maximum atomic E-state index is 13.4. The van der Waals surface area contributed by atoms with Gasteiger partial charge in [-0.05, 0) is 38.4 Å². The lowest BCUT2D eigenvalue weighted by atomic mass is 10.2. The monoisotopic (exact) mass is 348 g/mol. The van der Waals surface area contributed by atoms with Gasteiger partial charge >= 0.3 is 0 Å². The predicted octanol–water partition coefficient (Wildman–Crippen LogP) is 2.76. The van der Waals surface area contributed by atoms with E-state index in [1.54, 1.807) is 0 Å². The van der Waals surface area contributed by atoms with Crippen LogP contribution in [0.15, 0.2) is 18.2 Å². The maximum absolute atomic E-state index is 13.4. The van der Waals surface area contributed by atoms with Gasteiger partial charge in [0.15, 0.2) is 11.6 Å². The third-order valence-corrected chi connectivity index (χ3v) is 3.82. The average molecular weight is 349 g/mol. The van der Waals surface area contributed by atoms with E-state index >= 15 is 0 Å². The van der Waals surface area contributed by atoms with Crippen molar-refractivity contribution in [3.05, 3.63) is 29.8 Å². The smallest absolute Gasteiger partial charge is 0.222 e. The summed E-state index contributed by atoms with van der Waals surface area (Å²) in [6, 6.07) is 3.46. The van der Waals surface area contributed by atoms with Crippen molar-refractivity contribution in [2.45, 2.75) is 31.7 Å². The first-order valence-electron chi connectivity index (χ1n) is 7.63. The summed E-state index contributed by atoms with van der Waals surface area (Å²) in [5, 5.41) is 3.10. The molecule has 1 atom stereocenters. The molecule has 130 valence electrons. The van der Waals surface area contributed by atoms with Gasteiger partial charge in [-0.25, -0.2) is 8.78 Å². The normalized spacial score (nSPS) is 17.0. The Balaban J connectivity index is 0.00000264. The number of likely N-dealkylation sites (tertiary alicyclic amines) is 1. The average Bonchev–Trinajstić information content (AvgIpc) is 2.94. The Labute approximate surface area is 141 Å². The number of rotatable bonds is 7. The molecule has 1 saturated heterocycles. The molecule has 1 N–H and O–H groups in total. The number of ether oxygens (including phenoxy) is 1. The minimum atomic E-state index is -0.722. The van der Waals surface area contributed by atoms with Crippen LogP contribution >= 0.6 is 12.4 Å². The molecule has 0 bridgehead atoms. The number of nitrogens with one attached hydrogen (secondary N) is 1. The molecular formula is C16H23ClF2N2O2. The molecule has 1 aromatic carbocycles. The Morgan fingerprint density at radius 3 is 2.91 bits per heavy atom. The van der Waals surface area contributed by atoms with E-state index in [1.165, 1.54) is 6.07 Å². The molecule has 2 rings (SSSR count). The van der Waals surface area contributed by atoms with Crippen LogP contribution in [0.4, 0.5) is 8.78 Å². The van der Waals surface area contributed by atoms with Crippen LogP contribution in [0.5, 0.6) is 5.75 Å². The summed E-state index contributed by atoms with van der Waals surface area (Å²) >= 11 is 0. The zero-order valence-corrected chi connectivity index (χ0v) is 14.0. The first kappa shape index (κ1) is 19.6. The van der Waals surface area contributed by atoms with Gasteiger partial charge in [0.2, 0.25) is 5.91 Å². The number of nitrogens with zero attached hydrogens (tertiary/aromatic N) is 1. The van der Waals surface area contributed by atoms with Crippen LogP contribution in [0.1, 0.15) is 25.7 Å². The number of benzene rings is 1. The summed E-state index contributed by atoms with van der Waals surface area (Å²) in [4.78, 5) is 14.1. The largest absolute Gasteiger partial charge is 0.491 e. The van der Waals surface area contributed by atoms with Crippen LogP contribution < -0.4 is 10.1 Å². The molecule has 1 unspecified atom stereocenters. The van der Waals surface area contributed by atoms with Crippen molar-refractivity contribution in [3.8, 4) is 5.75 Å². The fourth-order valence-electron chi connectivity index (χ4n) is 2.75. The van der Waals surface area contributed by atoms with Crippen LogP contribution in [0.25, 0.3) is 0 Å². The van der Waals surface area contributed by atoms with E-state index in [0.717, 1.165) is 38.1 Å². The summed E-state index contributed by atoms with van der Waals surface area (Å²) < 4.78 is 31.4. The minimum absolute atomic E-state index is 0. The van der Waals surface area contributed by atoms with Crippen molar-refractivity contribution >= 4 is 18.3 Å². The van der Waals surface area contributed by atoms with Crippen LogP contribution in [-0.2, 0) is 4.79 Å². The molecule has 23 heavy (non-hydrogen) atoms. The number of amides is 1. The maximum Gasteiger partial charge on any atom is 0.222 e. The topological polar surface area (TPSA) is 41.6 Å². The second-order valence-corrected chi connectivity index (χ2v) is 5.47. The molecule has 1 aliphatic heterocycles. The number of hydrogen-bond acceptors (Lipinski definition) is 3. The van der Waals surface area contributed by atoms with Crippen molar-refractivity contribution in [3.63, 3.8) is 0 Å². The lowest BCUT2D eigenvalue weighted by Gasteiger charge is -2.24. The van der Waals surface area contributed by atoms with E-state index in [9.17, 15) is 13.6 Å². The minimum Gasteiger partial charge on any atom is -0.491 e. The van der Waals surface area contributed by atoms with Gasteiger partial charge in [-0.2, -0.15) is 0 Å². The van der Waals surface area contributed by atoms with E-state index in [1.807, 2.05) is 11.9 Å². The Morgan fingerprint density at radius 2 is 2.22 bits per heavy atom. The van der Waals surface area contributed by atoms with Crippen molar-refractivity contribution < 1.29 is 18.3 Å². The molecule has 1 heterocycles. The first-order chi connectivity index (χ1) is 10.6. The number of carbonyl (C=O) groups is 1. The lowest BCUT2D eigenvalue weighted by molar-refractivity contribution is -0.132. The van der Waals surface area contributed by atoms with E-state index < -0.39 is 11.6 Å². The number of carbonyl (C=O) groups excluding carboxylic acids is 1. The first-order valence-corrected chi connectivity index (χ1v) is 7.63. The second-order valence-electron chi connectivity index (χ2n) is 5.47. The highest BCUT2D eigenvalue weighted by molar-refractivity contribution is 5.85. The van der Waals surface area contributed by atoms with Gasteiger partial charge in [0.05, 0.1) is 6.61 Å². The number of hydrogen-bond donors (Lipinski definition) is 1. The van der Waals surface area contributed by atoms with Gasteiger partial charge < -0.3 is 15.0 Å². The second kappa shape index (κ2) is 9.67. The Hall–Kier alpha value is -1.40. The standard InChI is InChI=1S/C16H22F2N2O2.ClH/c1-19-11-13-4-2-8-20(13)16(21)5-3-9-22-15-7-6-12(17)10-14(15)18;/h6-7,10,13,19H,2-5,8-9,11H2,1H3;1H. The SMILES string of the molecule is CNCC1CCCN1C(=O)CCCOc1ccc(F)cc1F.Cl. The van der Waals surface area contributed by atoms with Gasteiger partial charge in [0.1, 0.15) is 5.82 Å². The van der Waals surface area contributed by atoms with Crippen LogP contribution in [0.3, 0.4) is 0 Å².